The second kappa shape index (κ2) is 4.44. The zero-order chi connectivity index (χ0) is 11.6. The molecule has 0 bridgehead atoms. The van der Waals surface area contributed by atoms with Gasteiger partial charge in [0.2, 0.25) is 0 Å². The highest BCUT2D eigenvalue weighted by Crippen LogP contribution is 2.30. The molecule has 0 aliphatic carbocycles. The van der Waals surface area contributed by atoms with Crippen molar-refractivity contribution < 1.29 is 14.6 Å². The zero-order valence-electron chi connectivity index (χ0n) is 9.77. The van der Waals surface area contributed by atoms with Gasteiger partial charge in [-0.25, -0.2) is 0 Å². The molecule has 1 N–H and O–H groups in total. The summed E-state index contributed by atoms with van der Waals surface area (Å²) in [6.45, 7) is 6.03. The van der Waals surface area contributed by atoms with Gasteiger partial charge < -0.3 is 14.6 Å². The summed E-state index contributed by atoms with van der Waals surface area (Å²) in [4.78, 5) is 0. The molecule has 1 aromatic rings. The van der Waals surface area contributed by atoms with Crippen molar-refractivity contribution in [3.05, 3.63) is 29.8 Å². The van der Waals surface area contributed by atoms with Gasteiger partial charge in [0.15, 0.2) is 0 Å². The average molecular weight is 222 g/mol. The van der Waals surface area contributed by atoms with E-state index in [-0.39, 0.29) is 5.41 Å². The Balaban J connectivity index is 2.03. The van der Waals surface area contributed by atoms with E-state index in [0.717, 1.165) is 24.5 Å². The molecule has 16 heavy (non-hydrogen) atoms. The number of hydrogen-bond donors (Lipinski definition) is 1. The molecule has 1 aliphatic heterocycles. The molecule has 1 atom stereocenters. The van der Waals surface area contributed by atoms with Gasteiger partial charge in [0, 0.05) is 11.0 Å². The van der Waals surface area contributed by atoms with Crippen LogP contribution < -0.4 is 4.74 Å². The maximum atomic E-state index is 9.60. The highest BCUT2D eigenvalue weighted by molar-refractivity contribution is 5.34. The summed E-state index contributed by atoms with van der Waals surface area (Å²) in [5.74, 6) is 0.769. The third kappa shape index (κ3) is 2.36. The minimum absolute atomic E-state index is 0.131. The van der Waals surface area contributed by atoms with Crippen LogP contribution in [0.15, 0.2) is 24.3 Å². The fourth-order valence-electron chi connectivity index (χ4n) is 1.74. The number of benzene rings is 1. The molecule has 88 valence electrons. The van der Waals surface area contributed by atoms with Crippen LogP contribution in [0.3, 0.4) is 0 Å². The molecule has 0 amide bonds. The molecular formula is C13H18O3. The molecule has 0 spiro atoms. The van der Waals surface area contributed by atoms with Crippen LogP contribution in [0.5, 0.6) is 5.75 Å². The standard InChI is InChI=1S/C13H18O3/c1-10(14)11-5-3-4-6-12(11)16-9-13(2)7-15-8-13/h3-6,10,14H,7-9H2,1-2H3. The largest absolute Gasteiger partial charge is 0.492 e. The van der Waals surface area contributed by atoms with Gasteiger partial charge in [0.25, 0.3) is 0 Å². The third-order valence-corrected chi connectivity index (χ3v) is 2.85. The summed E-state index contributed by atoms with van der Waals surface area (Å²) in [6, 6.07) is 7.61. The van der Waals surface area contributed by atoms with Crippen molar-refractivity contribution in [3.8, 4) is 5.75 Å². The van der Waals surface area contributed by atoms with Crippen LogP contribution in [0, 0.1) is 5.41 Å². The summed E-state index contributed by atoms with van der Waals surface area (Å²) in [5, 5.41) is 9.60. The first-order valence-corrected chi connectivity index (χ1v) is 5.58. The second-order valence-electron chi connectivity index (χ2n) is 4.81. The fraction of sp³-hybridized carbons (Fsp3) is 0.538. The first kappa shape index (κ1) is 11.4. The van der Waals surface area contributed by atoms with E-state index in [4.69, 9.17) is 9.47 Å². The first-order valence-electron chi connectivity index (χ1n) is 5.58. The normalized spacial score (nSPS) is 19.9. The van der Waals surface area contributed by atoms with Gasteiger partial charge in [-0.3, -0.25) is 0 Å². The molecule has 0 saturated carbocycles. The van der Waals surface area contributed by atoms with E-state index in [0.29, 0.717) is 6.61 Å². The van der Waals surface area contributed by atoms with Gasteiger partial charge in [-0.2, -0.15) is 0 Å². The Morgan fingerprint density at radius 2 is 2.12 bits per heavy atom. The molecule has 1 aliphatic rings. The molecule has 1 heterocycles. The van der Waals surface area contributed by atoms with Crippen LogP contribution in [-0.2, 0) is 4.74 Å². The van der Waals surface area contributed by atoms with Gasteiger partial charge in [0.05, 0.1) is 25.9 Å². The minimum atomic E-state index is -0.498. The molecule has 1 unspecified atom stereocenters. The Kier molecular flexibility index (Phi) is 3.17. The lowest BCUT2D eigenvalue weighted by atomic mass is 9.90. The van der Waals surface area contributed by atoms with E-state index in [1.54, 1.807) is 6.92 Å². The predicted octanol–water partition coefficient (Wildman–Crippen LogP) is 2.16. The number of para-hydroxylation sites is 1. The highest BCUT2D eigenvalue weighted by Gasteiger charge is 2.34. The van der Waals surface area contributed by atoms with E-state index in [1.807, 2.05) is 24.3 Å². The van der Waals surface area contributed by atoms with Crippen LogP contribution in [0.4, 0.5) is 0 Å². The maximum absolute atomic E-state index is 9.60. The maximum Gasteiger partial charge on any atom is 0.125 e. The summed E-state index contributed by atoms with van der Waals surface area (Å²) in [6.07, 6.45) is -0.498. The van der Waals surface area contributed by atoms with Crippen molar-refractivity contribution in [2.75, 3.05) is 19.8 Å². The molecular weight excluding hydrogens is 204 g/mol. The summed E-state index contributed by atoms with van der Waals surface area (Å²) >= 11 is 0. The Labute approximate surface area is 96.0 Å². The lowest BCUT2D eigenvalue weighted by Crippen LogP contribution is -2.44. The summed E-state index contributed by atoms with van der Waals surface area (Å²) < 4.78 is 10.9. The number of aliphatic hydroxyl groups is 1. The SMILES string of the molecule is CC(O)c1ccccc1OCC1(C)COC1. The van der Waals surface area contributed by atoms with Crippen molar-refractivity contribution in [2.24, 2.45) is 5.41 Å². The molecule has 2 rings (SSSR count). The molecule has 0 aromatic heterocycles. The van der Waals surface area contributed by atoms with Gasteiger partial charge in [-0.1, -0.05) is 25.1 Å². The zero-order valence-corrected chi connectivity index (χ0v) is 9.77. The first-order chi connectivity index (χ1) is 7.61. The number of hydrogen-bond acceptors (Lipinski definition) is 3. The fourth-order valence-corrected chi connectivity index (χ4v) is 1.74. The minimum Gasteiger partial charge on any atom is -0.492 e. The number of ether oxygens (including phenoxy) is 2. The molecule has 1 saturated heterocycles. The summed E-state index contributed by atoms with van der Waals surface area (Å²) in [7, 11) is 0. The van der Waals surface area contributed by atoms with Crippen molar-refractivity contribution in [3.63, 3.8) is 0 Å². The monoisotopic (exact) mass is 222 g/mol. The Morgan fingerprint density at radius 3 is 2.69 bits per heavy atom. The van der Waals surface area contributed by atoms with Gasteiger partial charge in [-0.05, 0) is 13.0 Å². The third-order valence-electron chi connectivity index (χ3n) is 2.85. The molecule has 3 nitrogen and oxygen atoms in total. The number of aliphatic hydroxyl groups excluding tert-OH is 1. The quantitative estimate of drug-likeness (QED) is 0.848. The van der Waals surface area contributed by atoms with Crippen LogP contribution in [-0.4, -0.2) is 24.9 Å². The topological polar surface area (TPSA) is 38.7 Å². The lowest BCUT2D eigenvalue weighted by Gasteiger charge is -2.37. The van der Waals surface area contributed by atoms with Crippen molar-refractivity contribution in [1.82, 2.24) is 0 Å². The highest BCUT2D eigenvalue weighted by atomic mass is 16.5. The van der Waals surface area contributed by atoms with E-state index in [9.17, 15) is 5.11 Å². The van der Waals surface area contributed by atoms with Gasteiger partial charge in [0.1, 0.15) is 5.75 Å². The summed E-state index contributed by atoms with van der Waals surface area (Å²) in [5.41, 5.74) is 0.970. The van der Waals surface area contributed by atoms with E-state index < -0.39 is 6.10 Å². The molecule has 3 heteroatoms. The van der Waals surface area contributed by atoms with Crippen molar-refractivity contribution in [1.29, 1.82) is 0 Å². The Morgan fingerprint density at radius 1 is 1.44 bits per heavy atom. The van der Waals surface area contributed by atoms with Gasteiger partial charge in [-0.15, -0.1) is 0 Å². The van der Waals surface area contributed by atoms with Crippen LogP contribution in [0.1, 0.15) is 25.5 Å². The van der Waals surface area contributed by atoms with Crippen LogP contribution in [0.25, 0.3) is 0 Å². The molecule has 0 radical (unpaired) electrons. The Bertz CT molecular complexity index is 356. The van der Waals surface area contributed by atoms with E-state index in [2.05, 4.69) is 6.92 Å². The predicted molar refractivity (Wildman–Crippen MR) is 61.5 cm³/mol. The smallest absolute Gasteiger partial charge is 0.125 e. The molecule has 1 fully saturated rings. The Hall–Kier alpha value is -1.06. The lowest BCUT2D eigenvalue weighted by molar-refractivity contribution is -0.120. The van der Waals surface area contributed by atoms with E-state index in [1.165, 1.54) is 0 Å². The number of rotatable bonds is 4. The van der Waals surface area contributed by atoms with Gasteiger partial charge >= 0.3 is 0 Å². The van der Waals surface area contributed by atoms with Crippen molar-refractivity contribution >= 4 is 0 Å². The average Bonchev–Trinajstić information content (AvgIpc) is 2.24. The van der Waals surface area contributed by atoms with E-state index >= 15 is 0 Å². The van der Waals surface area contributed by atoms with Crippen molar-refractivity contribution in [2.45, 2.75) is 20.0 Å². The van der Waals surface area contributed by atoms with Crippen LogP contribution in [0.2, 0.25) is 0 Å². The second-order valence-corrected chi connectivity index (χ2v) is 4.81. The molecule has 1 aromatic carbocycles. The van der Waals surface area contributed by atoms with Crippen LogP contribution >= 0.6 is 0 Å².